The van der Waals surface area contributed by atoms with E-state index >= 15 is 0 Å². The van der Waals surface area contributed by atoms with E-state index in [1.807, 2.05) is 0 Å². The highest BCUT2D eigenvalue weighted by Gasteiger charge is 2.27. The normalized spacial score (nSPS) is 11.4. The zero-order valence-electron chi connectivity index (χ0n) is 15.6. The standard InChI is InChI=1S/C21H17FIN3O3S/c22-17-6-4-5-16(13-17)14-24-25-21(27)15-26(19-11-9-18(23)10-12-19)30(28,29)20-7-2-1-3-8-20/h1-14H,15H2,(H,25,27)/b24-14-. The van der Waals surface area contributed by atoms with Gasteiger partial charge >= 0.3 is 0 Å². The van der Waals surface area contributed by atoms with Gasteiger partial charge in [-0.05, 0) is 76.7 Å². The highest BCUT2D eigenvalue weighted by Crippen LogP contribution is 2.24. The lowest BCUT2D eigenvalue weighted by Gasteiger charge is -2.23. The average molecular weight is 537 g/mol. The summed E-state index contributed by atoms with van der Waals surface area (Å²) in [4.78, 5) is 12.5. The van der Waals surface area contributed by atoms with Crippen LogP contribution in [0, 0.1) is 9.39 Å². The van der Waals surface area contributed by atoms with Gasteiger partial charge in [0, 0.05) is 3.57 Å². The Labute approximate surface area is 187 Å². The summed E-state index contributed by atoms with van der Waals surface area (Å²) in [5, 5.41) is 3.78. The van der Waals surface area contributed by atoms with Crippen LogP contribution in [0.2, 0.25) is 0 Å². The summed E-state index contributed by atoms with van der Waals surface area (Å²) in [5.74, 6) is -1.06. The number of hydrogen-bond acceptors (Lipinski definition) is 4. The van der Waals surface area contributed by atoms with Crippen molar-refractivity contribution >= 4 is 50.4 Å². The molecule has 3 aromatic carbocycles. The fourth-order valence-electron chi connectivity index (χ4n) is 2.57. The number of benzene rings is 3. The Hall–Kier alpha value is -2.79. The predicted molar refractivity (Wildman–Crippen MR) is 122 cm³/mol. The highest BCUT2D eigenvalue weighted by molar-refractivity contribution is 14.1. The Bertz CT molecular complexity index is 1150. The molecule has 0 saturated carbocycles. The van der Waals surface area contributed by atoms with Crippen LogP contribution in [0.4, 0.5) is 10.1 Å². The molecule has 0 radical (unpaired) electrons. The van der Waals surface area contributed by atoms with E-state index in [0.29, 0.717) is 11.3 Å². The van der Waals surface area contributed by atoms with Crippen molar-refractivity contribution in [2.75, 3.05) is 10.8 Å². The third-order valence-corrected chi connectivity index (χ3v) is 6.49. The van der Waals surface area contributed by atoms with Crippen molar-refractivity contribution < 1.29 is 17.6 Å². The van der Waals surface area contributed by atoms with Gasteiger partial charge in [0.15, 0.2) is 0 Å². The average Bonchev–Trinajstić information content (AvgIpc) is 2.73. The number of hydrazone groups is 1. The van der Waals surface area contributed by atoms with Crippen LogP contribution in [-0.2, 0) is 14.8 Å². The monoisotopic (exact) mass is 537 g/mol. The first-order chi connectivity index (χ1) is 14.4. The maximum absolute atomic E-state index is 13.2. The Morgan fingerprint density at radius 3 is 2.40 bits per heavy atom. The Morgan fingerprint density at radius 2 is 1.73 bits per heavy atom. The number of rotatable bonds is 7. The molecule has 0 aliphatic carbocycles. The van der Waals surface area contributed by atoms with Crippen molar-refractivity contribution in [3.63, 3.8) is 0 Å². The van der Waals surface area contributed by atoms with Gasteiger partial charge in [-0.15, -0.1) is 0 Å². The summed E-state index contributed by atoms with van der Waals surface area (Å²) < 4.78 is 41.5. The van der Waals surface area contributed by atoms with E-state index in [1.54, 1.807) is 48.5 Å². The number of sulfonamides is 1. The van der Waals surface area contributed by atoms with Gasteiger partial charge in [-0.1, -0.05) is 30.3 Å². The zero-order valence-corrected chi connectivity index (χ0v) is 18.5. The van der Waals surface area contributed by atoms with Gasteiger partial charge in [-0.25, -0.2) is 18.2 Å². The van der Waals surface area contributed by atoms with E-state index in [1.165, 1.54) is 36.5 Å². The van der Waals surface area contributed by atoms with Crippen LogP contribution in [-0.4, -0.2) is 27.1 Å². The Morgan fingerprint density at radius 1 is 1.03 bits per heavy atom. The molecule has 3 aromatic rings. The van der Waals surface area contributed by atoms with Crippen molar-refractivity contribution in [3.05, 3.63) is 93.8 Å². The first kappa shape index (κ1) is 21.9. The van der Waals surface area contributed by atoms with Crippen LogP contribution in [0.5, 0.6) is 0 Å². The van der Waals surface area contributed by atoms with Crippen molar-refractivity contribution in [3.8, 4) is 0 Å². The molecule has 0 aromatic heterocycles. The number of hydrogen-bond donors (Lipinski definition) is 1. The molecule has 1 amide bonds. The quantitative estimate of drug-likeness (QED) is 0.283. The number of amides is 1. The fourth-order valence-corrected chi connectivity index (χ4v) is 4.38. The first-order valence-electron chi connectivity index (χ1n) is 8.77. The van der Waals surface area contributed by atoms with E-state index in [-0.39, 0.29) is 4.90 Å². The van der Waals surface area contributed by atoms with Crippen LogP contribution in [0.1, 0.15) is 5.56 Å². The topological polar surface area (TPSA) is 78.8 Å². The van der Waals surface area contributed by atoms with E-state index < -0.39 is 28.3 Å². The molecule has 9 heteroatoms. The van der Waals surface area contributed by atoms with Crippen molar-refractivity contribution in [2.24, 2.45) is 5.10 Å². The van der Waals surface area contributed by atoms with E-state index in [9.17, 15) is 17.6 Å². The van der Waals surface area contributed by atoms with Gasteiger partial charge in [0.1, 0.15) is 12.4 Å². The van der Waals surface area contributed by atoms with Crippen molar-refractivity contribution in [1.29, 1.82) is 0 Å². The second-order valence-electron chi connectivity index (χ2n) is 6.15. The minimum absolute atomic E-state index is 0.0691. The Balaban J connectivity index is 1.82. The molecule has 1 N–H and O–H groups in total. The maximum Gasteiger partial charge on any atom is 0.264 e. The van der Waals surface area contributed by atoms with Gasteiger partial charge in [-0.3, -0.25) is 9.10 Å². The maximum atomic E-state index is 13.2. The molecule has 0 spiro atoms. The van der Waals surface area contributed by atoms with Crippen molar-refractivity contribution in [2.45, 2.75) is 4.90 Å². The molecular weight excluding hydrogens is 520 g/mol. The van der Waals surface area contributed by atoms with Crippen LogP contribution in [0.3, 0.4) is 0 Å². The molecule has 0 bridgehead atoms. The van der Waals surface area contributed by atoms with Crippen LogP contribution >= 0.6 is 22.6 Å². The predicted octanol–water partition coefficient (Wildman–Crippen LogP) is 3.78. The Kier molecular flexibility index (Phi) is 7.16. The SMILES string of the molecule is O=C(CN(c1ccc(I)cc1)S(=O)(=O)c1ccccc1)N/N=C\c1cccc(F)c1. The molecule has 6 nitrogen and oxygen atoms in total. The first-order valence-corrected chi connectivity index (χ1v) is 11.3. The molecule has 0 heterocycles. The second kappa shape index (κ2) is 9.81. The summed E-state index contributed by atoms with van der Waals surface area (Å²) >= 11 is 2.11. The van der Waals surface area contributed by atoms with Crippen molar-refractivity contribution in [1.82, 2.24) is 5.43 Å². The molecule has 3 rings (SSSR count). The van der Waals surface area contributed by atoms with Gasteiger partial charge in [-0.2, -0.15) is 5.10 Å². The summed E-state index contributed by atoms with van der Waals surface area (Å²) in [7, 11) is -3.98. The molecular formula is C21H17FIN3O3S. The molecule has 0 atom stereocenters. The third kappa shape index (κ3) is 5.63. The molecule has 0 saturated heterocycles. The molecule has 0 fully saturated rings. The lowest BCUT2D eigenvalue weighted by molar-refractivity contribution is -0.119. The highest BCUT2D eigenvalue weighted by atomic mass is 127. The van der Waals surface area contributed by atoms with E-state index in [4.69, 9.17) is 0 Å². The third-order valence-electron chi connectivity index (χ3n) is 3.98. The fraction of sp³-hybridized carbons (Fsp3) is 0.0476. The number of anilines is 1. The number of halogens is 2. The van der Waals surface area contributed by atoms with Gasteiger partial charge in [0.2, 0.25) is 0 Å². The summed E-state index contributed by atoms with van der Waals surface area (Å²) in [6.07, 6.45) is 1.28. The van der Waals surface area contributed by atoms with Gasteiger partial charge < -0.3 is 0 Å². The minimum Gasteiger partial charge on any atom is -0.271 e. The van der Waals surface area contributed by atoms with E-state index in [2.05, 4.69) is 33.1 Å². The lowest BCUT2D eigenvalue weighted by Crippen LogP contribution is -2.39. The molecule has 30 heavy (non-hydrogen) atoms. The van der Waals surface area contributed by atoms with Crippen LogP contribution in [0.25, 0.3) is 0 Å². The number of carbonyl (C=O) groups excluding carboxylic acids is 1. The van der Waals surface area contributed by atoms with Gasteiger partial charge in [0.25, 0.3) is 15.9 Å². The number of nitrogens with one attached hydrogen (secondary N) is 1. The summed E-state index contributed by atoms with van der Waals surface area (Å²) in [5.41, 5.74) is 3.10. The smallest absolute Gasteiger partial charge is 0.264 e. The van der Waals surface area contributed by atoms with E-state index in [0.717, 1.165) is 7.88 Å². The summed E-state index contributed by atoms with van der Waals surface area (Å²) in [6.45, 7) is -0.474. The molecule has 0 unspecified atom stereocenters. The molecule has 154 valence electrons. The molecule has 0 aliphatic heterocycles. The second-order valence-corrected chi connectivity index (χ2v) is 9.26. The summed E-state index contributed by atoms with van der Waals surface area (Å²) in [6, 6.07) is 20.3. The minimum atomic E-state index is -3.98. The largest absolute Gasteiger partial charge is 0.271 e. The van der Waals surface area contributed by atoms with Gasteiger partial charge in [0.05, 0.1) is 16.8 Å². The number of carbonyl (C=O) groups is 1. The van der Waals surface area contributed by atoms with Crippen LogP contribution in [0.15, 0.2) is 88.9 Å². The van der Waals surface area contributed by atoms with Crippen LogP contribution < -0.4 is 9.73 Å². The molecule has 0 aliphatic rings. The lowest BCUT2D eigenvalue weighted by atomic mass is 10.2. The zero-order chi connectivity index (χ0) is 21.6. The number of nitrogens with zero attached hydrogens (tertiary/aromatic N) is 2.